The first-order valence-corrected chi connectivity index (χ1v) is 8.03. The number of amides is 1. The Morgan fingerprint density at radius 2 is 2.05 bits per heavy atom. The topological polar surface area (TPSA) is 38.3 Å². The second kappa shape index (κ2) is 6.40. The molecule has 0 aromatic heterocycles. The van der Waals surface area contributed by atoms with Crippen LogP contribution in [-0.2, 0) is 0 Å². The highest BCUT2D eigenvalue weighted by atomic mass is 32.2. The molecule has 0 radical (unpaired) electrons. The third-order valence-electron chi connectivity index (χ3n) is 3.68. The molecule has 1 aliphatic rings. The Morgan fingerprint density at radius 1 is 1.27 bits per heavy atom. The molecule has 1 N–H and O–H groups in total. The van der Waals surface area contributed by atoms with Crippen molar-refractivity contribution in [2.24, 2.45) is 0 Å². The van der Waals surface area contributed by atoms with E-state index in [4.69, 9.17) is 4.74 Å². The molecule has 0 unspecified atom stereocenters. The number of thioether (sulfide) groups is 1. The van der Waals surface area contributed by atoms with Crippen LogP contribution in [0, 0.1) is 5.82 Å². The molecule has 2 aromatic carbocycles. The number of nitrogens with one attached hydrogen (secondary N) is 1. The van der Waals surface area contributed by atoms with Gasteiger partial charge in [0.2, 0.25) is 0 Å². The lowest BCUT2D eigenvalue weighted by atomic mass is 10.0. The van der Waals surface area contributed by atoms with E-state index >= 15 is 0 Å². The zero-order chi connectivity index (χ0) is 15.5. The van der Waals surface area contributed by atoms with Crippen LogP contribution < -0.4 is 10.1 Å². The predicted molar refractivity (Wildman–Crippen MR) is 84.9 cm³/mol. The van der Waals surface area contributed by atoms with E-state index in [0.717, 1.165) is 17.7 Å². The smallest absolute Gasteiger partial charge is 0.251 e. The molecule has 22 heavy (non-hydrogen) atoms. The molecule has 0 bridgehead atoms. The van der Waals surface area contributed by atoms with Gasteiger partial charge >= 0.3 is 0 Å². The Labute approximate surface area is 132 Å². The fraction of sp³-hybridized carbons (Fsp3) is 0.235. The highest BCUT2D eigenvalue weighted by molar-refractivity contribution is 7.99. The van der Waals surface area contributed by atoms with Crippen molar-refractivity contribution >= 4 is 17.7 Å². The molecule has 1 amide bonds. The lowest BCUT2D eigenvalue weighted by Gasteiger charge is -2.26. The minimum atomic E-state index is -0.217. The van der Waals surface area contributed by atoms with Gasteiger partial charge in [0.15, 0.2) is 0 Å². The molecule has 3 rings (SSSR count). The van der Waals surface area contributed by atoms with Gasteiger partial charge in [-0.1, -0.05) is 12.1 Å². The van der Waals surface area contributed by atoms with Crippen LogP contribution in [0.1, 0.15) is 28.4 Å². The van der Waals surface area contributed by atoms with E-state index < -0.39 is 0 Å². The number of carbonyl (C=O) groups excluding carboxylic acids is 1. The van der Waals surface area contributed by atoms with Crippen LogP contribution in [0.25, 0.3) is 0 Å². The van der Waals surface area contributed by atoms with Gasteiger partial charge in [0.25, 0.3) is 5.91 Å². The van der Waals surface area contributed by atoms with E-state index in [2.05, 4.69) is 5.32 Å². The fourth-order valence-electron chi connectivity index (χ4n) is 2.52. The molecular weight excluding hydrogens is 301 g/mol. The number of fused-ring (bicyclic) bond motifs is 1. The zero-order valence-corrected chi connectivity index (χ0v) is 13.0. The largest absolute Gasteiger partial charge is 0.497 e. The van der Waals surface area contributed by atoms with Crippen LogP contribution in [0.4, 0.5) is 4.39 Å². The lowest BCUT2D eigenvalue weighted by Crippen LogP contribution is -2.30. The third-order valence-corrected chi connectivity index (χ3v) is 4.84. The molecule has 0 spiro atoms. The quantitative estimate of drug-likeness (QED) is 0.936. The van der Waals surface area contributed by atoms with Crippen molar-refractivity contribution in [3.8, 4) is 5.75 Å². The normalized spacial score (nSPS) is 16.7. The van der Waals surface area contributed by atoms with Crippen LogP contribution in [0.3, 0.4) is 0 Å². The molecule has 2 aromatic rings. The van der Waals surface area contributed by atoms with Crippen molar-refractivity contribution in [3.63, 3.8) is 0 Å². The molecule has 0 fully saturated rings. The van der Waals surface area contributed by atoms with Crippen molar-refractivity contribution in [3.05, 3.63) is 59.4 Å². The maximum atomic E-state index is 13.8. The SMILES string of the molecule is COc1ccc(C(=O)N[C@H]2CCSc3c(F)cccc32)cc1. The molecule has 3 nitrogen and oxygen atoms in total. The second-order valence-electron chi connectivity index (χ2n) is 5.05. The van der Waals surface area contributed by atoms with E-state index in [-0.39, 0.29) is 17.8 Å². The number of ether oxygens (including phenoxy) is 1. The summed E-state index contributed by atoms with van der Waals surface area (Å²) in [6.45, 7) is 0. The van der Waals surface area contributed by atoms with Crippen molar-refractivity contribution in [2.75, 3.05) is 12.9 Å². The van der Waals surface area contributed by atoms with Gasteiger partial charge in [0.05, 0.1) is 13.2 Å². The van der Waals surface area contributed by atoms with E-state index in [1.54, 1.807) is 37.4 Å². The van der Waals surface area contributed by atoms with Gasteiger partial charge in [-0.3, -0.25) is 4.79 Å². The first-order valence-electron chi connectivity index (χ1n) is 7.05. The average Bonchev–Trinajstić information content (AvgIpc) is 2.56. The first-order chi connectivity index (χ1) is 10.7. The number of methoxy groups -OCH3 is 1. The van der Waals surface area contributed by atoms with Gasteiger partial charge in [-0.25, -0.2) is 4.39 Å². The summed E-state index contributed by atoms with van der Waals surface area (Å²) in [5.74, 6) is 1.13. The van der Waals surface area contributed by atoms with Gasteiger partial charge in [-0.2, -0.15) is 0 Å². The number of rotatable bonds is 3. The van der Waals surface area contributed by atoms with Crippen LogP contribution >= 0.6 is 11.8 Å². The summed E-state index contributed by atoms with van der Waals surface area (Å²) in [4.78, 5) is 13.0. The molecule has 1 atom stereocenters. The second-order valence-corrected chi connectivity index (χ2v) is 6.16. The van der Waals surface area contributed by atoms with Crippen molar-refractivity contribution in [2.45, 2.75) is 17.4 Å². The summed E-state index contributed by atoms with van der Waals surface area (Å²) in [6, 6.07) is 11.8. The average molecular weight is 317 g/mol. The molecular formula is C17H16FNO2S. The standard InChI is InChI=1S/C17H16FNO2S/c1-21-12-7-5-11(6-8-12)17(20)19-15-9-10-22-16-13(15)3-2-4-14(16)18/h2-8,15H,9-10H2,1H3,(H,19,20)/t15-/m0/s1. The Hall–Kier alpha value is -2.01. The lowest BCUT2D eigenvalue weighted by molar-refractivity contribution is 0.0934. The molecule has 0 saturated heterocycles. The summed E-state index contributed by atoms with van der Waals surface area (Å²) in [7, 11) is 1.58. The van der Waals surface area contributed by atoms with Gasteiger partial charge < -0.3 is 10.1 Å². The molecule has 1 aliphatic heterocycles. The predicted octanol–water partition coefficient (Wildman–Crippen LogP) is 3.80. The highest BCUT2D eigenvalue weighted by Gasteiger charge is 2.24. The van der Waals surface area contributed by atoms with Gasteiger partial charge in [-0.15, -0.1) is 11.8 Å². The monoisotopic (exact) mass is 317 g/mol. The number of halogens is 1. The maximum Gasteiger partial charge on any atom is 0.251 e. The van der Waals surface area contributed by atoms with E-state index in [1.807, 2.05) is 6.07 Å². The number of hydrogen-bond acceptors (Lipinski definition) is 3. The van der Waals surface area contributed by atoms with Crippen molar-refractivity contribution in [1.82, 2.24) is 5.32 Å². The van der Waals surface area contributed by atoms with Crippen molar-refractivity contribution < 1.29 is 13.9 Å². The molecule has 0 saturated carbocycles. The third kappa shape index (κ3) is 2.95. The van der Waals surface area contributed by atoms with Crippen LogP contribution in [-0.4, -0.2) is 18.8 Å². The van der Waals surface area contributed by atoms with Crippen LogP contribution in [0.2, 0.25) is 0 Å². The van der Waals surface area contributed by atoms with Gasteiger partial charge in [0, 0.05) is 16.2 Å². The Balaban J connectivity index is 1.79. The van der Waals surface area contributed by atoms with Crippen molar-refractivity contribution in [1.29, 1.82) is 0 Å². The van der Waals surface area contributed by atoms with E-state index in [1.165, 1.54) is 17.8 Å². The highest BCUT2D eigenvalue weighted by Crippen LogP contribution is 2.37. The Kier molecular flexibility index (Phi) is 4.34. The van der Waals surface area contributed by atoms with Gasteiger partial charge in [0.1, 0.15) is 11.6 Å². The molecule has 5 heteroatoms. The summed E-state index contributed by atoms with van der Waals surface area (Å²) < 4.78 is 18.9. The molecule has 114 valence electrons. The maximum absolute atomic E-state index is 13.8. The number of carbonyl (C=O) groups is 1. The summed E-state index contributed by atoms with van der Waals surface area (Å²) >= 11 is 1.50. The molecule has 1 heterocycles. The summed E-state index contributed by atoms with van der Waals surface area (Å²) in [5, 5.41) is 3.00. The Morgan fingerprint density at radius 3 is 2.77 bits per heavy atom. The Bertz CT molecular complexity index is 688. The first kappa shape index (κ1) is 14.9. The minimum absolute atomic E-state index is 0.151. The summed E-state index contributed by atoms with van der Waals surface area (Å²) in [6.07, 6.45) is 0.795. The summed E-state index contributed by atoms with van der Waals surface area (Å²) in [5.41, 5.74) is 1.43. The van der Waals surface area contributed by atoms with E-state index in [9.17, 15) is 9.18 Å². The van der Waals surface area contributed by atoms with Crippen LogP contribution in [0.5, 0.6) is 5.75 Å². The zero-order valence-electron chi connectivity index (χ0n) is 12.1. The number of benzene rings is 2. The van der Waals surface area contributed by atoms with E-state index in [0.29, 0.717) is 16.2 Å². The minimum Gasteiger partial charge on any atom is -0.497 e. The molecule has 0 aliphatic carbocycles. The fourth-order valence-corrected chi connectivity index (χ4v) is 3.66. The number of hydrogen-bond donors (Lipinski definition) is 1. The van der Waals surface area contributed by atoms with Crippen LogP contribution in [0.15, 0.2) is 47.4 Å². The van der Waals surface area contributed by atoms with Gasteiger partial charge in [-0.05, 0) is 42.3 Å².